The van der Waals surface area contributed by atoms with E-state index in [2.05, 4.69) is 5.32 Å². The molecule has 1 saturated heterocycles. The third-order valence-electron chi connectivity index (χ3n) is 4.16. The minimum atomic E-state index is -0.290. The number of hydrogen-bond donors (Lipinski definition) is 1. The molecule has 0 amide bonds. The Labute approximate surface area is 138 Å². The molecule has 23 heavy (non-hydrogen) atoms. The first-order valence-electron chi connectivity index (χ1n) is 8.40. The number of carbonyl (C=O) groups excluding carboxylic acids is 1. The second-order valence-electron chi connectivity index (χ2n) is 5.68. The van der Waals surface area contributed by atoms with E-state index in [4.69, 9.17) is 14.2 Å². The molecule has 0 bridgehead atoms. The van der Waals surface area contributed by atoms with E-state index in [0.29, 0.717) is 18.1 Å². The molecule has 0 spiro atoms. The van der Waals surface area contributed by atoms with Gasteiger partial charge in [0.2, 0.25) is 0 Å². The summed E-state index contributed by atoms with van der Waals surface area (Å²) in [7, 11) is 1.42. The highest BCUT2D eigenvalue weighted by Gasteiger charge is 2.23. The lowest BCUT2D eigenvalue weighted by atomic mass is 9.87. The van der Waals surface area contributed by atoms with E-state index in [1.165, 1.54) is 7.11 Å². The van der Waals surface area contributed by atoms with Crippen molar-refractivity contribution in [2.45, 2.75) is 45.3 Å². The first-order chi connectivity index (χ1) is 11.2. The van der Waals surface area contributed by atoms with Crippen molar-refractivity contribution in [3.8, 4) is 5.75 Å². The van der Waals surface area contributed by atoms with E-state index >= 15 is 0 Å². The Bertz CT molecular complexity index is 512. The van der Waals surface area contributed by atoms with Crippen LogP contribution in [0.15, 0.2) is 18.2 Å². The summed E-state index contributed by atoms with van der Waals surface area (Å²) < 4.78 is 16.4. The Morgan fingerprint density at radius 1 is 1.30 bits per heavy atom. The lowest BCUT2D eigenvalue weighted by molar-refractivity contribution is -0.0766. The summed E-state index contributed by atoms with van der Waals surface area (Å²) in [6.45, 7) is 6.52. The second kappa shape index (κ2) is 8.89. The molecule has 1 aliphatic rings. The molecular formula is C18H27NO4. The summed E-state index contributed by atoms with van der Waals surface area (Å²) >= 11 is 0. The Balaban J connectivity index is 2.26. The third-order valence-corrected chi connectivity index (χ3v) is 4.16. The zero-order valence-electron chi connectivity index (χ0n) is 14.3. The molecule has 1 heterocycles. The number of nitrogens with one attached hydrogen (secondary N) is 1. The topological polar surface area (TPSA) is 56.8 Å². The number of hydrogen-bond acceptors (Lipinski definition) is 5. The average molecular weight is 321 g/mol. The first-order valence-corrected chi connectivity index (χ1v) is 8.40. The Kier molecular flexibility index (Phi) is 6.86. The van der Waals surface area contributed by atoms with Gasteiger partial charge in [-0.2, -0.15) is 0 Å². The fraction of sp³-hybridized carbons (Fsp3) is 0.611. The van der Waals surface area contributed by atoms with Gasteiger partial charge < -0.3 is 19.5 Å². The van der Waals surface area contributed by atoms with Crippen LogP contribution in [0, 0.1) is 0 Å². The molecule has 0 saturated carbocycles. The van der Waals surface area contributed by atoms with Gasteiger partial charge in [0.25, 0.3) is 0 Å². The van der Waals surface area contributed by atoms with E-state index in [9.17, 15) is 4.79 Å². The Hall–Kier alpha value is -1.59. The van der Waals surface area contributed by atoms with Gasteiger partial charge in [0.05, 0.1) is 12.7 Å². The van der Waals surface area contributed by atoms with E-state index in [1.54, 1.807) is 6.07 Å². The van der Waals surface area contributed by atoms with Crippen LogP contribution in [0.3, 0.4) is 0 Å². The first kappa shape index (κ1) is 17.8. The van der Waals surface area contributed by atoms with Gasteiger partial charge in [-0.3, -0.25) is 0 Å². The van der Waals surface area contributed by atoms with Crippen LogP contribution in [-0.4, -0.2) is 39.1 Å². The van der Waals surface area contributed by atoms with Gasteiger partial charge in [0.15, 0.2) is 6.29 Å². The van der Waals surface area contributed by atoms with Gasteiger partial charge in [0, 0.05) is 13.0 Å². The van der Waals surface area contributed by atoms with Gasteiger partial charge in [-0.1, -0.05) is 6.92 Å². The molecule has 0 aliphatic carbocycles. The van der Waals surface area contributed by atoms with Crippen molar-refractivity contribution in [2.75, 3.05) is 26.8 Å². The predicted octanol–water partition coefficient (Wildman–Crippen LogP) is 3.09. The maximum absolute atomic E-state index is 12.1. The molecule has 1 aromatic carbocycles. The standard InChI is InChI=1S/C18H27NO4/c1-4-17(22-5-2)23-14-6-7-15(18(20)21-3)16(12-14)13-8-10-19-11-9-13/h6-7,12-13,17,19H,4-5,8-11H2,1-3H3. The molecule has 2 rings (SSSR count). The minimum absolute atomic E-state index is 0.259. The van der Waals surface area contributed by atoms with E-state index in [0.717, 1.165) is 43.7 Å². The highest BCUT2D eigenvalue weighted by Crippen LogP contribution is 2.32. The van der Waals surface area contributed by atoms with Crippen LogP contribution in [0.1, 0.15) is 54.9 Å². The van der Waals surface area contributed by atoms with Crippen LogP contribution >= 0.6 is 0 Å². The number of benzene rings is 1. The summed E-state index contributed by atoms with van der Waals surface area (Å²) in [6, 6.07) is 5.60. The molecule has 5 heteroatoms. The quantitative estimate of drug-likeness (QED) is 0.618. The average Bonchev–Trinajstić information content (AvgIpc) is 2.61. The van der Waals surface area contributed by atoms with Gasteiger partial charge in [-0.15, -0.1) is 0 Å². The van der Waals surface area contributed by atoms with Crippen LogP contribution in [0.5, 0.6) is 5.75 Å². The van der Waals surface area contributed by atoms with Gasteiger partial charge in [-0.25, -0.2) is 4.79 Å². The van der Waals surface area contributed by atoms with Crippen LogP contribution in [0.2, 0.25) is 0 Å². The van der Waals surface area contributed by atoms with Crippen molar-refractivity contribution in [1.29, 1.82) is 0 Å². The number of carbonyl (C=O) groups is 1. The van der Waals surface area contributed by atoms with Crippen LogP contribution in [0.25, 0.3) is 0 Å². The van der Waals surface area contributed by atoms with Gasteiger partial charge >= 0.3 is 5.97 Å². The van der Waals surface area contributed by atoms with Crippen LogP contribution in [-0.2, 0) is 9.47 Å². The number of rotatable bonds is 7. The largest absolute Gasteiger partial charge is 0.465 e. The molecule has 0 radical (unpaired) electrons. The van der Waals surface area contributed by atoms with Gasteiger partial charge in [0.1, 0.15) is 5.75 Å². The summed E-state index contributed by atoms with van der Waals surface area (Å²) in [5, 5.41) is 3.35. The molecule has 5 nitrogen and oxygen atoms in total. The van der Waals surface area contributed by atoms with Crippen LogP contribution < -0.4 is 10.1 Å². The van der Waals surface area contributed by atoms with Crippen molar-refractivity contribution < 1.29 is 19.0 Å². The summed E-state index contributed by atoms with van der Waals surface area (Å²) in [5.41, 5.74) is 1.65. The van der Waals surface area contributed by atoms with Gasteiger partial charge in [-0.05, 0) is 62.5 Å². The maximum Gasteiger partial charge on any atom is 0.338 e. The highest BCUT2D eigenvalue weighted by molar-refractivity contribution is 5.91. The van der Waals surface area contributed by atoms with Crippen molar-refractivity contribution in [2.24, 2.45) is 0 Å². The Morgan fingerprint density at radius 2 is 2.04 bits per heavy atom. The number of ether oxygens (including phenoxy) is 3. The van der Waals surface area contributed by atoms with E-state index in [1.807, 2.05) is 26.0 Å². The molecule has 1 atom stereocenters. The monoisotopic (exact) mass is 321 g/mol. The van der Waals surface area contributed by atoms with E-state index in [-0.39, 0.29) is 12.3 Å². The molecule has 128 valence electrons. The molecule has 0 aromatic heterocycles. The smallest absolute Gasteiger partial charge is 0.338 e. The molecule has 1 aromatic rings. The molecule has 1 unspecified atom stereocenters. The normalized spacial score (nSPS) is 16.8. The van der Waals surface area contributed by atoms with E-state index < -0.39 is 0 Å². The van der Waals surface area contributed by atoms with Crippen molar-refractivity contribution in [3.05, 3.63) is 29.3 Å². The maximum atomic E-state index is 12.1. The Morgan fingerprint density at radius 3 is 2.65 bits per heavy atom. The summed E-state index contributed by atoms with van der Waals surface area (Å²) in [5.74, 6) is 0.800. The zero-order valence-corrected chi connectivity index (χ0v) is 14.3. The third kappa shape index (κ3) is 4.69. The zero-order chi connectivity index (χ0) is 16.7. The number of piperidine rings is 1. The lowest BCUT2D eigenvalue weighted by Gasteiger charge is -2.25. The predicted molar refractivity (Wildman–Crippen MR) is 89.0 cm³/mol. The molecule has 1 N–H and O–H groups in total. The SMILES string of the molecule is CCOC(CC)Oc1ccc(C(=O)OC)c(C2CCNCC2)c1. The molecule has 1 aliphatic heterocycles. The summed E-state index contributed by atoms with van der Waals surface area (Å²) in [4.78, 5) is 12.1. The highest BCUT2D eigenvalue weighted by atomic mass is 16.7. The molecule has 1 fully saturated rings. The van der Waals surface area contributed by atoms with Crippen molar-refractivity contribution >= 4 is 5.97 Å². The number of methoxy groups -OCH3 is 1. The number of esters is 1. The fourth-order valence-electron chi connectivity index (χ4n) is 2.95. The van der Waals surface area contributed by atoms with Crippen molar-refractivity contribution in [1.82, 2.24) is 5.32 Å². The lowest BCUT2D eigenvalue weighted by Crippen LogP contribution is -2.27. The molecular weight excluding hydrogens is 294 g/mol. The van der Waals surface area contributed by atoms with Crippen LogP contribution in [0.4, 0.5) is 0 Å². The second-order valence-corrected chi connectivity index (χ2v) is 5.68. The van der Waals surface area contributed by atoms with Crippen molar-refractivity contribution in [3.63, 3.8) is 0 Å². The minimum Gasteiger partial charge on any atom is -0.465 e. The fourth-order valence-corrected chi connectivity index (χ4v) is 2.95. The summed E-state index contributed by atoms with van der Waals surface area (Å²) in [6.07, 6.45) is 2.53.